The van der Waals surface area contributed by atoms with E-state index >= 15 is 0 Å². The molecular weight excluding hydrogens is 356 g/mol. The van der Waals surface area contributed by atoms with Gasteiger partial charge >= 0.3 is 6.03 Å². The van der Waals surface area contributed by atoms with Gasteiger partial charge in [0.25, 0.3) is 0 Å². The second-order valence-corrected chi connectivity index (χ2v) is 5.14. The number of carbonyl (C=O) groups excluding carboxylic acids is 1. The number of hydrogen-bond donors (Lipinski definition) is 3. The molecule has 92 valence electrons. The van der Waals surface area contributed by atoms with Crippen molar-refractivity contribution in [2.45, 2.75) is 6.04 Å². The molecule has 1 atom stereocenters. The first-order chi connectivity index (χ1) is 8.04. The Labute approximate surface area is 115 Å². The van der Waals surface area contributed by atoms with Gasteiger partial charge in [-0.3, -0.25) is 0 Å². The summed E-state index contributed by atoms with van der Waals surface area (Å²) < 4.78 is 6.28. The second-order valence-electron chi connectivity index (χ2n) is 3.55. The minimum absolute atomic E-state index is 0.0282. The zero-order valence-electron chi connectivity index (χ0n) is 8.88. The first kappa shape index (κ1) is 12.5. The van der Waals surface area contributed by atoms with Crippen LogP contribution in [0.15, 0.2) is 15.0 Å². The quantitative estimate of drug-likeness (QED) is 0.752. The van der Waals surface area contributed by atoms with E-state index < -0.39 is 0 Å². The summed E-state index contributed by atoms with van der Waals surface area (Å²) >= 11 is 6.66. The third-order valence-corrected chi connectivity index (χ3v) is 4.70. The molecule has 1 aliphatic heterocycles. The fourth-order valence-corrected chi connectivity index (χ4v) is 2.67. The molecule has 0 saturated carbocycles. The Balaban J connectivity index is 2.47. The molecule has 2 amide bonds. The Hall–Kier alpha value is -0.950. The lowest BCUT2D eigenvalue weighted by atomic mass is 10.1. The van der Waals surface area contributed by atoms with Gasteiger partial charge in [-0.15, -0.1) is 0 Å². The van der Waals surface area contributed by atoms with Gasteiger partial charge < -0.3 is 20.5 Å². The average molecular weight is 366 g/mol. The van der Waals surface area contributed by atoms with Crippen LogP contribution in [0.3, 0.4) is 0 Å². The number of hydrogen-bond acceptors (Lipinski definition) is 3. The molecule has 1 aliphatic rings. The summed E-state index contributed by atoms with van der Waals surface area (Å²) in [6.45, 7) is 0.498. The lowest BCUT2D eigenvalue weighted by Crippen LogP contribution is -2.21. The molecule has 1 aromatic carbocycles. The Bertz CT molecular complexity index is 479. The maximum atomic E-state index is 11.1. The number of urea groups is 1. The van der Waals surface area contributed by atoms with E-state index in [0.29, 0.717) is 21.2 Å². The summed E-state index contributed by atoms with van der Waals surface area (Å²) in [4.78, 5) is 11.1. The third kappa shape index (κ3) is 2.21. The lowest BCUT2D eigenvalue weighted by Gasteiger charge is -2.16. The second kappa shape index (κ2) is 4.73. The number of methoxy groups -OCH3 is 1. The molecule has 1 heterocycles. The molecule has 0 unspecified atom stereocenters. The van der Waals surface area contributed by atoms with Crippen molar-refractivity contribution in [1.82, 2.24) is 10.6 Å². The van der Waals surface area contributed by atoms with Crippen LogP contribution in [0.2, 0.25) is 0 Å². The number of nitrogens with one attached hydrogen (secondary N) is 2. The predicted molar refractivity (Wildman–Crippen MR) is 69.3 cm³/mol. The molecule has 1 aromatic rings. The summed E-state index contributed by atoms with van der Waals surface area (Å²) in [5, 5.41) is 15.2. The van der Waals surface area contributed by atoms with Crippen molar-refractivity contribution in [2.24, 2.45) is 0 Å². The fraction of sp³-hybridized carbons (Fsp3) is 0.300. The summed E-state index contributed by atoms with van der Waals surface area (Å²) in [6.07, 6.45) is 0. The topological polar surface area (TPSA) is 70.6 Å². The van der Waals surface area contributed by atoms with Crippen molar-refractivity contribution < 1.29 is 14.6 Å². The number of phenols is 1. The summed E-state index contributed by atoms with van der Waals surface area (Å²) in [5.41, 5.74) is 0.838. The number of benzene rings is 1. The van der Waals surface area contributed by atoms with Crippen LogP contribution in [0.25, 0.3) is 0 Å². The van der Waals surface area contributed by atoms with Crippen LogP contribution in [0.5, 0.6) is 11.5 Å². The minimum Gasteiger partial charge on any atom is -0.503 e. The van der Waals surface area contributed by atoms with Crippen LogP contribution < -0.4 is 15.4 Å². The highest BCUT2D eigenvalue weighted by Gasteiger charge is 2.26. The van der Waals surface area contributed by atoms with E-state index in [0.717, 1.165) is 5.56 Å². The lowest BCUT2D eigenvalue weighted by molar-refractivity contribution is 0.247. The van der Waals surface area contributed by atoms with Gasteiger partial charge in [0.05, 0.1) is 17.6 Å². The van der Waals surface area contributed by atoms with E-state index in [4.69, 9.17) is 4.74 Å². The van der Waals surface area contributed by atoms with Crippen LogP contribution in [0.1, 0.15) is 11.6 Å². The maximum absolute atomic E-state index is 11.1. The Kier molecular flexibility index (Phi) is 3.48. The molecule has 0 aliphatic carbocycles. The Morgan fingerprint density at radius 3 is 2.71 bits per heavy atom. The van der Waals surface area contributed by atoms with E-state index in [9.17, 15) is 9.90 Å². The van der Waals surface area contributed by atoms with Gasteiger partial charge in [-0.25, -0.2) is 4.79 Å². The van der Waals surface area contributed by atoms with Crippen LogP contribution in [-0.4, -0.2) is 24.8 Å². The van der Waals surface area contributed by atoms with Crippen molar-refractivity contribution in [1.29, 1.82) is 0 Å². The molecule has 17 heavy (non-hydrogen) atoms. The number of ether oxygens (including phenoxy) is 1. The minimum atomic E-state index is -0.204. The number of rotatable bonds is 2. The normalized spacial score (nSPS) is 18.8. The fourth-order valence-electron chi connectivity index (χ4n) is 1.66. The summed E-state index contributed by atoms with van der Waals surface area (Å²) in [6, 6.07) is 1.34. The van der Waals surface area contributed by atoms with E-state index in [2.05, 4.69) is 42.5 Å². The highest BCUT2D eigenvalue weighted by molar-refractivity contribution is 9.13. The molecule has 0 spiro atoms. The van der Waals surface area contributed by atoms with Gasteiger partial charge in [0.1, 0.15) is 0 Å². The van der Waals surface area contributed by atoms with Crippen molar-refractivity contribution in [3.05, 3.63) is 20.6 Å². The zero-order valence-corrected chi connectivity index (χ0v) is 12.1. The van der Waals surface area contributed by atoms with Crippen LogP contribution in [-0.2, 0) is 0 Å². The van der Waals surface area contributed by atoms with E-state index in [1.807, 2.05) is 0 Å². The van der Waals surface area contributed by atoms with E-state index in [-0.39, 0.29) is 17.8 Å². The largest absolute Gasteiger partial charge is 0.503 e. The number of amides is 2. The van der Waals surface area contributed by atoms with Gasteiger partial charge in [-0.1, -0.05) is 0 Å². The predicted octanol–water partition coefficient (Wildman–Crippen LogP) is 2.28. The molecule has 0 radical (unpaired) electrons. The summed E-state index contributed by atoms with van der Waals surface area (Å²) in [5.74, 6) is 0.386. The molecule has 0 bridgehead atoms. The van der Waals surface area contributed by atoms with Gasteiger partial charge in [0.2, 0.25) is 0 Å². The average Bonchev–Trinajstić information content (AvgIpc) is 2.73. The highest BCUT2D eigenvalue weighted by Crippen LogP contribution is 2.43. The molecule has 5 nitrogen and oxygen atoms in total. The molecule has 1 fully saturated rings. The smallest absolute Gasteiger partial charge is 0.315 e. The highest BCUT2D eigenvalue weighted by atomic mass is 79.9. The Morgan fingerprint density at radius 1 is 1.47 bits per heavy atom. The molecule has 1 saturated heterocycles. The van der Waals surface area contributed by atoms with E-state index in [1.165, 1.54) is 7.11 Å². The maximum Gasteiger partial charge on any atom is 0.315 e. The Morgan fingerprint density at radius 2 is 2.18 bits per heavy atom. The first-order valence-corrected chi connectivity index (χ1v) is 6.42. The van der Waals surface area contributed by atoms with Crippen molar-refractivity contribution in [3.63, 3.8) is 0 Å². The molecule has 7 heteroatoms. The van der Waals surface area contributed by atoms with Gasteiger partial charge in [-0.2, -0.15) is 0 Å². The molecular formula is C10H10Br2N2O3. The van der Waals surface area contributed by atoms with Gasteiger partial charge in [0.15, 0.2) is 11.5 Å². The number of carbonyl (C=O) groups is 1. The molecule has 3 N–H and O–H groups in total. The summed E-state index contributed by atoms with van der Waals surface area (Å²) in [7, 11) is 1.48. The standard InChI is InChI=1S/C10H10Br2N2O3/c1-17-6-2-4(5-3-13-10(16)14-5)7(11)8(12)9(6)15/h2,5,15H,3H2,1H3,(H2,13,14,16)/t5-/m0/s1. The zero-order chi connectivity index (χ0) is 12.6. The van der Waals surface area contributed by atoms with Crippen LogP contribution in [0, 0.1) is 0 Å². The third-order valence-electron chi connectivity index (χ3n) is 2.54. The number of halogens is 2. The van der Waals surface area contributed by atoms with Gasteiger partial charge in [-0.05, 0) is 43.5 Å². The molecule has 2 rings (SSSR count). The SMILES string of the molecule is COc1cc([C@@H]2CNC(=O)N2)c(Br)c(Br)c1O. The van der Waals surface area contributed by atoms with Crippen LogP contribution >= 0.6 is 31.9 Å². The van der Waals surface area contributed by atoms with Crippen molar-refractivity contribution in [3.8, 4) is 11.5 Å². The molecule has 0 aromatic heterocycles. The first-order valence-electron chi connectivity index (χ1n) is 4.83. The van der Waals surface area contributed by atoms with Crippen LogP contribution in [0.4, 0.5) is 4.79 Å². The van der Waals surface area contributed by atoms with Gasteiger partial charge in [0, 0.05) is 11.0 Å². The van der Waals surface area contributed by atoms with Crippen molar-refractivity contribution >= 4 is 37.9 Å². The van der Waals surface area contributed by atoms with E-state index in [1.54, 1.807) is 6.07 Å². The number of aromatic hydroxyl groups is 1. The number of phenolic OH excluding ortho intramolecular Hbond substituents is 1. The van der Waals surface area contributed by atoms with Crippen molar-refractivity contribution in [2.75, 3.05) is 13.7 Å². The monoisotopic (exact) mass is 364 g/mol.